The second-order valence-electron chi connectivity index (χ2n) is 4.80. The quantitative estimate of drug-likeness (QED) is 0.581. The van der Waals surface area contributed by atoms with Crippen LogP contribution in [0.5, 0.6) is 0 Å². The molecule has 3 aromatic rings. The predicted molar refractivity (Wildman–Crippen MR) is 81.4 cm³/mol. The van der Waals surface area contributed by atoms with Gasteiger partial charge in [-0.15, -0.1) is 0 Å². The summed E-state index contributed by atoms with van der Waals surface area (Å²) >= 11 is 0. The van der Waals surface area contributed by atoms with E-state index in [4.69, 9.17) is 10.2 Å². The van der Waals surface area contributed by atoms with Crippen molar-refractivity contribution in [3.63, 3.8) is 0 Å². The fourth-order valence-electron chi connectivity index (χ4n) is 2.12. The van der Waals surface area contributed by atoms with Gasteiger partial charge in [0.05, 0.1) is 11.5 Å². The van der Waals surface area contributed by atoms with Crippen molar-refractivity contribution in [2.24, 2.45) is 0 Å². The van der Waals surface area contributed by atoms with Crippen molar-refractivity contribution in [2.75, 3.05) is 17.7 Å². The number of nitro groups is 1. The molecule has 22 heavy (non-hydrogen) atoms. The maximum atomic E-state index is 10.7. The molecule has 0 aliphatic carbocycles. The molecule has 0 amide bonds. The van der Waals surface area contributed by atoms with Crippen LogP contribution in [0.4, 0.5) is 17.5 Å². The lowest BCUT2D eigenvalue weighted by molar-refractivity contribution is -0.384. The van der Waals surface area contributed by atoms with Gasteiger partial charge in [-0.3, -0.25) is 10.1 Å². The third-order valence-corrected chi connectivity index (χ3v) is 3.19. The summed E-state index contributed by atoms with van der Waals surface area (Å²) < 4.78 is 5.72. The van der Waals surface area contributed by atoms with E-state index in [1.807, 2.05) is 30.3 Å². The van der Waals surface area contributed by atoms with E-state index in [0.29, 0.717) is 12.5 Å². The van der Waals surface area contributed by atoms with Gasteiger partial charge in [0.1, 0.15) is 17.5 Å². The summed E-state index contributed by atoms with van der Waals surface area (Å²) in [5, 5.41) is 11.7. The first-order valence-electron chi connectivity index (χ1n) is 6.50. The van der Waals surface area contributed by atoms with Gasteiger partial charge in [0.25, 0.3) is 0 Å². The van der Waals surface area contributed by atoms with Crippen molar-refractivity contribution in [2.45, 2.75) is 6.54 Å². The van der Waals surface area contributed by atoms with Crippen molar-refractivity contribution in [3.8, 4) is 0 Å². The fraction of sp³-hybridized carbons (Fsp3) is 0.143. The minimum Gasteiger partial charge on any atom is -0.459 e. The highest BCUT2D eigenvalue weighted by Crippen LogP contribution is 2.23. The molecule has 2 N–H and O–H groups in total. The Hall–Kier alpha value is -3.16. The van der Waals surface area contributed by atoms with E-state index in [0.717, 1.165) is 22.9 Å². The highest BCUT2D eigenvalue weighted by atomic mass is 16.6. The topological polar surface area (TPSA) is 111 Å². The molecule has 0 bridgehead atoms. The Bertz CT molecular complexity index is 812. The Kier molecular flexibility index (Phi) is 3.34. The van der Waals surface area contributed by atoms with Crippen molar-refractivity contribution in [1.29, 1.82) is 0 Å². The van der Waals surface area contributed by atoms with E-state index >= 15 is 0 Å². The molecule has 0 spiro atoms. The van der Waals surface area contributed by atoms with Gasteiger partial charge in [0, 0.05) is 12.4 Å². The number of nitrogens with two attached hydrogens (primary N) is 1. The summed E-state index contributed by atoms with van der Waals surface area (Å²) in [6.07, 6.45) is 1.10. The molecule has 0 atom stereocenters. The van der Waals surface area contributed by atoms with Crippen molar-refractivity contribution in [1.82, 2.24) is 9.97 Å². The van der Waals surface area contributed by atoms with Gasteiger partial charge in [-0.1, -0.05) is 18.2 Å². The van der Waals surface area contributed by atoms with Crippen molar-refractivity contribution < 1.29 is 9.34 Å². The van der Waals surface area contributed by atoms with Gasteiger partial charge >= 0.3 is 5.69 Å². The first kappa shape index (κ1) is 13.8. The summed E-state index contributed by atoms with van der Waals surface area (Å²) in [5.74, 6) is 0.874. The standard InChI is InChI=1S/C14H13N5O3/c1-18(14-16-7-11(19(20)21)13(15)17-14)8-10-6-9-4-2-3-5-12(9)22-10/h2-7H,8H2,1H3,(H2,15,16,17). The Morgan fingerprint density at radius 3 is 2.86 bits per heavy atom. The third-order valence-electron chi connectivity index (χ3n) is 3.19. The fourth-order valence-corrected chi connectivity index (χ4v) is 2.12. The Balaban J connectivity index is 1.83. The number of hydrogen-bond donors (Lipinski definition) is 1. The van der Waals surface area contributed by atoms with E-state index in [9.17, 15) is 10.1 Å². The number of benzene rings is 1. The lowest BCUT2D eigenvalue weighted by Gasteiger charge is -2.15. The molecule has 3 rings (SSSR count). The van der Waals surface area contributed by atoms with E-state index in [2.05, 4.69) is 9.97 Å². The molecule has 112 valence electrons. The van der Waals surface area contributed by atoms with E-state index in [1.165, 1.54) is 0 Å². The van der Waals surface area contributed by atoms with Gasteiger partial charge in [0.15, 0.2) is 0 Å². The monoisotopic (exact) mass is 299 g/mol. The Morgan fingerprint density at radius 2 is 2.18 bits per heavy atom. The maximum absolute atomic E-state index is 10.7. The molecule has 8 heteroatoms. The average Bonchev–Trinajstić information content (AvgIpc) is 2.88. The van der Waals surface area contributed by atoms with Gasteiger partial charge in [-0.05, 0) is 12.1 Å². The van der Waals surface area contributed by atoms with Gasteiger partial charge in [-0.25, -0.2) is 4.98 Å². The van der Waals surface area contributed by atoms with Crippen LogP contribution in [0.1, 0.15) is 5.76 Å². The first-order chi connectivity index (χ1) is 10.5. The second-order valence-corrected chi connectivity index (χ2v) is 4.80. The zero-order chi connectivity index (χ0) is 15.7. The van der Waals surface area contributed by atoms with E-state index < -0.39 is 4.92 Å². The maximum Gasteiger partial charge on any atom is 0.329 e. The molecule has 1 aromatic carbocycles. The van der Waals surface area contributed by atoms with E-state index in [1.54, 1.807) is 11.9 Å². The molecular weight excluding hydrogens is 286 g/mol. The highest BCUT2D eigenvalue weighted by molar-refractivity contribution is 5.77. The summed E-state index contributed by atoms with van der Waals surface area (Å²) in [7, 11) is 1.76. The van der Waals surface area contributed by atoms with Crippen LogP contribution in [-0.4, -0.2) is 21.9 Å². The lowest BCUT2D eigenvalue weighted by Crippen LogP contribution is -2.19. The Morgan fingerprint density at radius 1 is 1.41 bits per heavy atom. The summed E-state index contributed by atoms with van der Waals surface area (Å²) in [6, 6.07) is 9.62. The van der Waals surface area contributed by atoms with Crippen LogP contribution in [0.3, 0.4) is 0 Å². The molecule has 2 heterocycles. The lowest BCUT2D eigenvalue weighted by atomic mass is 10.2. The largest absolute Gasteiger partial charge is 0.459 e. The molecule has 0 saturated heterocycles. The van der Waals surface area contributed by atoms with Crippen molar-refractivity contribution >= 4 is 28.4 Å². The third kappa shape index (κ3) is 2.53. The minimum absolute atomic E-state index is 0.161. The number of nitrogen functional groups attached to an aromatic ring is 1. The normalized spacial score (nSPS) is 10.8. The number of rotatable bonds is 4. The van der Waals surface area contributed by atoms with Crippen LogP contribution >= 0.6 is 0 Å². The number of anilines is 2. The molecular formula is C14H13N5O3. The van der Waals surface area contributed by atoms with Crippen LogP contribution in [0.2, 0.25) is 0 Å². The molecule has 0 saturated carbocycles. The number of nitrogens with zero attached hydrogens (tertiary/aromatic N) is 4. The summed E-state index contributed by atoms with van der Waals surface area (Å²) in [6.45, 7) is 0.423. The number of fused-ring (bicyclic) bond motifs is 1. The Labute approximate surface area is 125 Å². The zero-order valence-electron chi connectivity index (χ0n) is 11.8. The first-order valence-corrected chi connectivity index (χ1v) is 6.50. The average molecular weight is 299 g/mol. The SMILES string of the molecule is CN(Cc1cc2ccccc2o1)c1ncc([N+](=O)[O-])c(N)n1. The number of furan rings is 1. The van der Waals surface area contributed by atoms with Crippen molar-refractivity contribution in [3.05, 3.63) is 52.4 Å². The summed E-state index contributed by atoms with van der Waals surface area (Å²) in [5.41, 5.74) is 6.07. The number of aromatic nitrogens is 2. The van der Waals surface area contributed by atoms with Crippen LogP contribution < -0.4 is 10.6 Å². The zero-order valence-corrected chi connectivity index (χ0v) is 11.8. The molecule has 0 aliphatic heterocycles. The van der Waals surface area contributed by atoms with Crippen LogP contribution in [0, 0.1) is 10.1 Å². The molecule has 8 nitrogen and oxygen atoms in total. The molecule has 0 radical (unpaired) electrons. The van der Waals surface area contributed by atoms with Gasteiger partial charge in [-0.2, -0.15) is 4.98 Å². The minimum atomic E-state index is -0.613. The molecule has 2 aromatic heterocycles. The molecule has 0 unspecified atom stereocenters. The van der Waals surface area contributed by atoms with Gasteiger partial charge < -0.3 is 15.1 Å². The smallest absolute Gasteiger partial charge is 0.329 e. The van der Waals surface area contributed by atoms with E-state index in [-0.39, 0.29) is 11.5 Å². The number of para-hydroxylation sites is 1. The number of hydrogen-bond acceptors (Lipinski definition) is 7. The van der Waals surface area contributed by atoms with Crippen LogP contribution in [0.15, 0.2) is 40.9 Å². The highest BCUT2D eigenvalue weighted by Gasteiger charge is 2.16. The predicted octanol–water partition coefficient (Wildman–Crippen LogP) is 2.35. The summed E-state index contributed by atoms with van der Waals surface area (Å²) in [4.78, 5) is 19.7. The van der Waals surface area contributed by atoms with Gasteiger partial charge in [0.2, 0.25) is 11.8 Å². The van der Waals surface area contributed by atoms with Crippen LogP contribution in [0.25, 0.3) is 11.0 Å². The molecule has 0 aliphatic rings. The second kappa shape index (κ2) is 5.32. The molecule has 0 fully saturated rings. The van der Waals surface area contributed by atoms with Crippen LogP contribution in [-0.2, 0) is 6.54 Å².